The molecule has 37 heavy (non-hydrogen) atoms. The highest BCUT2D eigenvalue weighted by Crippen LogP contribution is 2.43. The van der Waals surface area contributed by atoms with E-state index < -0.39 is 5.60 Å². The molecule has 3 nitrogen and oxygen atoms in total. The zero-order valence-corrected chi connectivity index (χ0v) is 25.0. The van der Waals surface area contributed by atoms with E-state index in [1.807, 2.05) is 12.1 Å². The minimum atomic E-state index is -0.733. The molecule has 0 bridgehead atoms. The fourth-order valence-electron chi connectivity index (χ4n) is 6.29. The van der Waals surface area contributed by atoms with E-state index in [1.165, 1.54) is 122 Å². The van der Waals surface area contributed by atoms with Crippen LogP contribution in [0.15, 0.2) is 24.3 Å². The second-order valence-electron chi connectivity index (χ2n) is 11.8. The average Bonchev–Trinajstić information content (AvgIpc) is 2.92. The van der Waals surface area contributed by atoms with Gasteiger partial charge in [0.2, 0.25) is 0 Å². The van der Waals surface area contributed by atoms with E-state index in [-0.39, 0.29) is 0 Å². The Labute approximate surface area is 230 Å². The Bertz CT molecular complexity index is 658. The molecule has 0 spiro atoms. The summed E-state index contributed by atoms with van der Waals surface area (Å²) in [6, 6.07) is 8.21. The number of methoxy groups -OCH3 is 1. The minimum Gasteiger partial charge on any atom is -0.497 e. The normalized spacial score (nSPS) is 20.0. The molecular weight excluding hydrogens is 454 g/mol. The fraction of sp³-hybridized carbons (Fsp3) is 0.824. The van der Waals surface area contributed by atoms with E-state index in [2.05, 4.69) is 30.9 Å². The summed E-state index contributed by atoms with van der Waals surface area (Å²) in [7, 11) is 1.72. The highest BCUT2D eigenvalue weighted by Gasteiger charge is 2.41. The van der Waals surface area contributed by atoms with Crippen LogP contribution < -0.4 is 4.74 Å². The van der Waals surface area contributed by atoms with E-state index in [4.69, 9.17) is 4.74 Å². The lowest BCUT2D eigenvalue weighted by Crippen LogP contribution is -2.45. The predicted octanol–water partition coefficient (Wildman–Crippen LogP) is 9.66. The van der Waals surface area contributed by atoms with Gasteiger partial charge in [0, 0.05) is 12.5 Å². The van der Waals surface area contributed by atoms with Crippen LogP contribution in [0.1, 0.15) is 148 Å². The van der Waals surface area contributed by atoms with Crippen molar-refractivity contribution in [3.05, 3.63) is 29.8 Å². The van der Waals surface area contributed by atoms with Gasteiger partial charge in [-0.15, -0.1) is 0 Å². The predicted molar refractivity (Wildman–Crippen MR) is 161 cm³/mol. The van der Waals surface area contributed by atoms with E-state index in [0.29, 0.717) is 5.92 Å². The first-order chi connectivity index (χ1) is 18.1. The molecule has 0 aromatic heterocycles. The monoisotopic (exact) mass is 515 g/mol. The van der Waals surface area contributed by atoms with Crippen molar-refractivity contribution in [2.45, 2.75) is 148 Å². The second-order valence-corrected chi connectivity index (χ2v) is 11.8. The summed E-state index contributed by atoms with van der Waals surface area (Å²) in [5, 5.41) is 12.0. The number of rotatable bonds is 22. The maximum atomic E-state index is 12.0. The average molecular weight is 516 g/mol. The first kappa shape index (κ1) is 32.2. The highest BCUT2D eigenvalue weighted by molar-refractivity contribution is 5.33. The molecule has 1 aromatic carbocycles. The van der Waals surface area contributed by atoms with Crippen molar-refractivity contribution >= 4 is 0 Å². The van der Waals surface area contributed by atoms with Crippen LogP contribution in [-0.2, 0) is 5.60 Å². The van der Waals surface area contributed by atoms with Crippen molar-refractivity contribution in [2.24, 2.45) is 5.92 Å². The molecule has 3 heteroatoms. The topological polar surface area (TPSA) is 32.7 Å². The third-order valence-corrected chi connectivity index (χ3v) is 8.74. The van der Waals surface area contributed by atoms with Gasteiger partial charge in [-0.05, 0) is 56.5 Å². The smallest absolute Gasteiger partial charge is 0.119 e. The largest absolute Gasteiger partial charge is 0.497 e. The van der Waals surface area contributed by atoms with E-state index in [1.54, 1.807) is 7.11 Å². The van der Waals surface area contributed by atoms with Crippen molar-refractivity contribution in [3.8, 4) is 5.75 Å². The number of benzene rings is 1. The molecule has 0 heterocycles. The maximum absolute atomic E-state index is 12.0. The van der Waals surface area contributed by atoms with Gasteiger partial charge < -0.3 is 14.7 Å². The van der Waals surface area contributed by atoms with Crippen LogP contribution in [0, 0.1) is 5.92 Å². The van der Waals surface area contributed by atoms with E-state index in [0.717, 1.165) is 37.1 Å². The third-order valence-electron chi connectivity index (χ3n) is 8.74. The SMILES string of the molecule is CCCCCCCCCCN(CCCCCCCCCC)C[C@H]1CCCC[C@]1(O)c1cccc(OC)c1. The highest BCUT2D eigenvalue weighted by atomic mass is 16.5. The Morgan fingerprint density at radius 1 is 0.784 bits per heavy atom. The molecule has 2 atom stereocenters. The molecule has 1 saturated carbocycles. The molecule has 1 N–H and O–H groups in total. The first-order valence-corrected chi connectivity index (χ1v) is 16.2. The van der Waals surface area contributed by atoms with E-state index in [9.17, 15) is 5.11 Å². The van der Waals surface area contributed by atoms with Gasteiger partial charge in [0.15, 0.2) is 0 Å². The summed E-state index contributed by atoms with van der Waals surface area (Å²) in [5.41, 5.74) is 0.319. The molecule has 2 rings (SSSR count). The molecule has 0 radical (unpaired) electrons. The van der Waals surface area contributed by atoms with Gasteiger partial charge in [0.1, 0.15) is 5.75 Å². The zero-order chi connectivity index (χ0) is 26.6. The van der Waals surface area contributed by atoms with Crippen molar-refractivity contribution in [3.63, 3.8) is 0 Å². The van der Waals surface area contributed by atoms with Crippen molar-refractivity contribution in [1.29, 1.82) is 0 Å². The number of hydrogen-bond donors (Lipinski definition) is 1. The summed E-state index contributed by atoms with van der Waals surface area (Å²) in [6.45, 7) is 8.00. The molecule has 1 aromatic rings. The summed E-state index contributed by atoms with van der Waals surface area (Å²) in [5.74, 6) is 1.15. The molecule has 0 saturated heterocycles. The van der Waals surface area contributed by atoms with Crippen LogP contribution >= 0.6 is 0 Å². The Hall–Kier alpha value is -1.06. The molecule has 0 aliphatic heterocycles. The Morgan fingerprint density at radius 3 is 1.86 bits per heavy atom. The lowest BCUT2D eigenvalue weighted by Gasteiger charge is -2.43. The van der Waals surface area contributed by atoms with Crippen molar-refractivity contribution < 1.29 is 9.84 Å². The van der Waals surface area contributed by atoms with Crippen LogP contribution in [0.3, 0.4) is 0 Å². The number of hydrogen-bond acceptors (Lipinski definition) is 3. The Kier molecular flexibility index (Phi) is 17.3. The molecular formula is C34H61NO2. The first-order valence-electron chi connectivity index (χ1n) is 16.2. The van der Waals surface area contributed by atoms with Gasteiger partial charge in [-0.2, -0.15) is 0 Å². The lowest BCUT2D eigenvalue weighted by molar-refractivity contribution is -0.0660. The van der Waals surface area contributed by atoms with Crippen LogP contribution in [0.4, 0.5) is 0 Å². The van der Waals surface area contributed by atoms with Gasteiger partial charge in [0.05, 0.1) is 12.7 Å². The fourth-order valence-corrected chi connectivity index (χ4v) is 6.29. The quantitative estimate of drug-likeness (QED) is 0.156. The summed E-state index contributed by atoms with van der Waals surface area (Å²) in [4.78, 5) is 2.72. The van der Waals surface area contributed by atoms with Crippen LogP contribution in [0.2, 0.25) is 0 Å². The zero-order valence-electron chi connectivity index (χ0n) is 25.0. The number of nitrogens with zero attached hydrogens (tertiary/aromatic N) is 1. The van der Waals surface area contributed by atoms with Gasteiger partial charge in [-0.3, -0.25) is 0 Å². The molecule has 1 aliphatic rings. The summed E-state index contributed by atoms with van der Waals surface area (Å²) in [6.07, 6.45) is 26.3. The molecule has 0 amide bonds. The number of ether oxygens (including phenoxy) is 1. The minimum absolute atomic E-state index is 0.302. The van der Waals surface area contributed by atoms with Crippen molar-refractivity contribution in [2.75, 3.05) is 26.7 Å². The van der Waals surface area contributed by atoms with Gasteiger partial charge in [0.25, 0.3) is 0 Å². The number of aliphatic hydroxyl groups is 1. The number of unbranched alkanes of at least 4 members (excludes halogenated alkanes) is 14. The van der Waals surface area contributed by atoms with Crippen LogP contribution in [0.5, 0.6) is 5.75 Å². The summed E-state index contributed by atoms with van der Waals surface area (Å²) >= 11 is 0. The Morgan fingerprint density at radius 2 is 1.32 bits per heavy atom. The lowest BCUT2D eigenvalue weighted by atomic mass is 9.71. The molecule has 1 aliphatic carbocycles. The van der Waals surface area contributed by atoms with Gasteiger partial charge in [-0.25, -0.2) is 0 Å². The van der Waals surface area contributed by atoms with Gasteiger partial charge >= 0.3 is 0 Å². The standard InChI is InChI=1S/C34H61NO2/c1-4-6-8-10-12-14-16-20-27-35(28-21-17-15-13-11-9-7-5-2)30-32-23-18-19-26-34(32,36)31-24-22-25-33(29-31)37-3/h22,24-25,29,32,36H,4-21,23,26-28,30H2,1-3H3/t32-,34+/m1/s1. The third kappa shape index (κ3) is 12.6. The van der Waals surface area contributed by atoms with Crippen molar-refractivity contribution in [1.82, 2.24) is 4.90 Å². The maximum Gasteiger partial charge on any atom is 0.119 e. The molecule has 1 fully saturated rings. The molecule has 214 valence electrons. The Balaban J connectivity index is 1.90. The van der Waals surface area contributed by atoms with Gasteiger partial charge in [-0.1, -0.05) is 129 Å². The van der Waals surface area contributed by atoms with E-state index >= 15 is 0 Å². The second kappa shape index (κ2) is 19.9. The summed E-state index contributed by atoms with van der Waals surface area (Å²) < 4.78 is 5.50. The van der Waals surface area contributed by atoms with Crippen LogP contribution in [0.25, 0.3) is 0 Å². The van der Waals surface area contributed by atoms with Crippen LogP contribution in [-0.4, -0.2) is 36.8 Å². The molecule has 0 unspecified atom stereocenters.